The minimum atomic E-state index is 1.04. The van der Waals surface area contributed by atoms with Crippen LogP contribution in [0.5, 0.6) is 5.75 Å². The maximum absolute atomic E-state index is 5.39. The molecule has 0 amide bonds. The molecule has 0 atom stereocenters. The summed E-state index contributed by atoms with van der Waals surface area (Å²) in [6, 6.07) is 0. The lowest BCUT2D eigenvalue weighted by Gasteiger charge is -2.16. The van der Waals surface area contributed by atoms with Crippen molar-refractivity contribution in [2.24, 2.45) is 0 Å². The zero-order chi connectivity index (χ0) is 19.6. The molecule has 0 aliphatic heterocycles. The van der Waals surface area contributed by atoms with E-state index < -0.39 is 0 Å². The van der Waals surface area contributed by atoms with Crippen LogP contribution in [0.2, 0.25) is 0 Å². The average molecular weight is 341 g/mol. The minimum Gasteiger partial charge on any atom is -0.496 e. The van der Waals surface area contributed by atoms with Crippen LogP contribution in [-0.4, -0.2) is 7.11 Å². The van der Waals surface area contributed by atoms with E-state index in [1.807, 2.05) is 0 Å². The summed E-state index contributed by atoms with van der Waals surface area (Å²) in [5.74, 6) is 1.04. The summed E-state index contributed by atoms with van der Waals surface area (Å²) >= 11 is 0. The molecule has 0 unspecified atom stereocenters. The molecule has 2 rings (SSSR count). The fourth-order valence-electron chi connectivity index (χ4n) is 3.46. The average Bonchev–Trinajstić information content (AvgIpc) is 2.61. The molecule has 0 spiro atoms. The summed E-state index contributed by atoms with van der Waals surface area (Å²) in [6.45, 7) is 24.0. The monoisotopic (exact) mass is 340 g/mol. The lowest BCUT2D eigenvalue weighted by Crippen LogP contribution is -1.99. The Morgan fingerprint density at radius 2 is 0.480 bits per heavy atom. The van der Waals surface area contributed by atoms with Gasteiger partial charge in [-0.1, -0.05) is 0 Å². The molecule has 1 nitrogen and oxygen atoms in total. The summed E-state index contributed by atoms with van der Waals surface area (Å²) in [5.41, 5.74) is 15.3. The number of methoxy groups -OCH3 is 1. The van der Waals surface area contributed by atoms with E-state index in [1.165, 1.54) is 61.2 Å². The predicted octanol–water partition coefficient (Wildman–Crippen LogP) is 6.77. The molecule has 0 aromatic heterocycles. The van der Waals surface area contributed by atoms with Gasteiger partial charge in [-0.3, -0.25) is 0 Å². The Kier molecular flexibility index (Phi) is 6.88. The van der Waals surface area contributed by atoms with Gasteiger partial charge in [0.2, 0.25) is 0 Å². The van der Waals surface area contributed by atoms with Gasteiger partial charge in [-0.05, 0) is 137 Å². The first-order chi connectivity index (χ1) is 11.5. The maximum atomic E-state index is 5.39. The summed E-state index contributed by atoms with van der Waals surface area (Å²) in [7, 11) is 1.74. The first-order valence-electron chi connectivity index (χ1n) is 9.11. The van der Waals surface area contributed by atoms with Crippen molar-refractivity contribution in [1.82, 2.24) is 0 Å². The van der Waals surface area contributed by atoms with Crippen LogP contribution in [0.25, 0.3) is 0 Å². The van der Waals surface area contributed by atoms with Crippen LogP contribution < -0.4 is 4.74 Å². The molecule has 1 heteroatoms. The van der Waals surface area contributed by atoms with Crippen molar-refractivity contribution in [3.63, 3.8) is 0 Å². The second-order valence-electron chi connectivity index (χ2n) is 7.41. The van der Waals surface area contributed by atoms with Crippen LogP contribution in [0, 0.1) is 76.2 Å². The molecule has 2 aromatic rings. The maximum Gasteiger partial charge on any atom is 0.125 e. The molecule has 25 heavy (non-hydrogen) atoms. The Hall–Kier alpha value is -1.76. The third kappa shape index (κ3) is 3.92. The Morgan fingerprint density at radius 1 is 0.320 bits per heavy atom. The van der Waals surface area contributed by atoms with Crippen molar-refractivity contribution in [2.75, 3.05) is 7.11 Å². The Morgan fingerprint density at radius 3 is 0.640 bits per heavy atom. The smallest absolute Gasteiger partial charge is 0.125 e. The zero-order valence-electron chi connectivity index (χ0n) is 18.4. The van der Waals surface area contributed by atoms with E-state index >= 15 is 0 Å². The number of benzene rings is 2. The van der Waals surface area contributed by atoms with Gasteiger partial charge in [0, 0.05) is 0 Å². The van der Waals surface area contributed by atoms with Crippen LogP contribution in [0.3, 0.4) is 0 Å². The number of hydrogen-bond acceptors (Lipinski definition) is 1. The summed E-state index contributed by atoms with van der Waals surface area (Å²) < 4.78 is 5.39. The minimum absolute atomic E-state index is 1.04. The van der Waals surface area contributed by atoms with Gasteiger partial charge in [0.1, 0.15) is 5.75 Å². The molecule has 0 saturated carbocycles. The van der Waals surface area contributed by atoms with Gasteiger partial charge >= 0.3 is 0 Å². The molecule has 0 fully saturated rings. The predicted molar refractivity (Wildman–Crippen MR) is 112 cm³/mol. The molecule has 2 aromatic carbocycles. The van der Waals surface area contributed by atoms with Crippen molar-refractivity contribution < 1.29 is 4.74 Å². The second-order valence-corrected chi connectivity index (χ2v) is 7.41. The highest BCUT2D eigenvalue weighted by Crippen LogP contribution is 2.31. The molecule has 138 valence electrons. The molecular weight excluding hydrogens is 304 g/mol. The highest BCUT2D eigenvalue weighted by atomic mass is 16.5. The van der Waals surface area contributed by atoms with Crippen molar-refractivity contribution in [3.05, 3.63) is 61.2 Å². The van der Waals surface area contributed by atoms with Gasteiger partial charge in [0.15, 0.2) is 0 Å². The molecule has 0 aliphatic rings. The highest BCUT2D eigenvalue weighted by molar-refractivity contribution is 5.53. The number of ether oxygens (including phenoxy) is 1. The van der Waals surface area contributed by atoms with Gasteiger partial charge in [-0.2, -0.15) is 0 Å². The van der Waals surface area contributed by atoms with E-state index in [2.05, 4.69) is 76.2 Å². The molecule has 0 radical (unpaired) electrons. The first-order valence-corrected chi connectivity index (χ1v) is 9.11. The number of rotatable bonds is 1. The Bertz CT molecular complexity index is 661. The van der Waals surface area contributed by atoms with Gasteiger partial charge in [-0.25, -0.2) is 0 Å². The van der Waals surface area contributed by atoms with Crippen molar-refractivity contribution in [3.8, 4) is 5.75 Å². The molecule has 0 saturated heterocycles. The SMILES string of the molecule is COc1c(C)c(C)c(C)c(C)c1C.Cc1c(C)c(C)c(C)c(C)c1C. The van der Waals surface area contributed by atoms with Gasteiger partial charge in [0.05, 0.1) is 7.11 Å². The Balaban J connectivity index is 0.000000251. The molecule has 0 aliphatic carbocycles. The third-order valence-electron chi connectivity index (χ3n) is 6.51. The molecule has 0 bridgehead atoms. The Labute approximate surface area is 155 Å². The van der Waals surface area contributed by atoms with Gasteiger partial charge in [0.25, 0.3) is 0 Å². The van der Waals surface area contributed by atoms with E-state index in [9.17, 15) is 0 Å². The fraction of sp³-hybridized carbons (Fsp3) is 0.500. The highest BCUT2D eigenvalue weighted by Gasteiger charge is 2.11. The summed E-state index contributed by atoms with van der Waals surface area (Å²) in [4.78, 5) is 0. The van der Waals surface area contributed by atoms with Gasteiger partial charge < -0.3 is 4.74 Å². The van der Waals surface area contributed by atoms with E-state index in [4.69, 9.17) is 4.74 Å². The van der Waals surface area contributed by atoms with Crippen molar-refractivity contribution >= 4 is 0 Å². The van der Waals surface area contributed by atoms with Crippen LogP contribution in [0.15, 0.2) is 0 Å². The van der Waals surface area contributed by atoms with E-state index in [0.29, 0.717) is 0 Å². The van der Waals surface area contributed by atoms with Crippen LogP contribution in [0.4, 0.5) is 0 Å². The third-order valence-corrected chi connectivity index (χ3v) is 6.51. The van der Waals surface area contributed by atoms with Crippen molar-refractivity contribution in [1.29, 1.82) is 0 Å². The summed E-state index contributed by atoms with van der Waals surface area (Å²) in [5, 5.41) is 0. The van der Waals surface area contributed by atoms with Gasteiger partial charge in [-0.15, -0.1) is 0 Å². The quantitative estimate of drug-likeness (QED) is 0.556. The topological polar surface area (TPSA) is 9.23 Å². The molecule has 0 N–H and O–H groups in total. The first kappa shape index (κ1) is 21.3. The second kappa shape index (κ2) is 8.08. The van der Waals surface area contributed by atoms with Crippen LogP contribution in [0.1, 0.15) is 61.2 Å². The zero-order valence-corrected chi connectivity index (χ0v) is 18.4. The van der Waals surface area contributed by atoms with E-state index in [0.717, 1.165) is 5.75 Å². The lowest BCUT2D eigenvalue weighted by atomic mass is 9.90. The molecular formula is C24H36O. The summed E-state index contributed by atoms with van der Waals surface area (Å²) in [6.07, 6.45) is 0. The lowest BCUT2D eigenvalue weighted by molar-refractivity contribution is 0.407. The van der Waals surface area contributed by atoms with Crippen LogP contribution >= 0.6 is 0 Å². The largest absolute Gasteiger partial charge is 0.496 e. The van der Waals surface area contributed by atoms with E-state index in [-0.39, 0.29) is 0 Å². The molecule has 0 heterocycles. The normalized spacial score (nSPS) is 10.4. The standard InChI is InChI=1S/C12H18O.C12H18/c1-7-8(2)10(4)12(13-6)11(5)9(7)3;1-7-8(2)10(4)12(6)11(5)9(7)3/h1-6H3;1-6H3. The fourth-order valence-corrected chi connectivity index (χ4v) is 3.46. The van der Waals surface area contributed by atoms with Crippen LogP contribution in [-0.2, 0) is 0 Å². The number of hydrogen-bond donors (Lipinski definition) is 0. The van der Waals surface area contributed by atoms with E-state index in [1.54, 1.807) is 7.11 Å². The van der Waals surface area contributed by atoms with Crippen molar-refractivity contribution in [2.45, 2.75) is 76.2 Å².